The highest BCUT2D eigenvalue weighted by molar-refractivity contribution is 5.73. The summed E-state index contributed by atoms with van der Waals surface area (Å²) in [6, 6.07) is -1.74. The topological polar surface area (TPSA) is 184 Å². The number of aromatic amines is 2. The molecule has 120 valence electrons. The second-order valence-corrected chi connectivity index (χ2v) is 4.39. The maximum absolute atomic E-state index is 10.3. The third kappa shape index (κ3) is 6.15. The Hall–Kier alpha value is -2.72. The number of nitrogens with one attached hydrogen (secondary N) is 2. The van der Waals surface area contributed by atoms with Crippen LogP contribution in [0.5, 0.6) is 0 Å². The molecule has 0 radical (unpaired) electrons. The summed E-state index contributed by atoms with van der Waals surface area (Å²) in [7, 11) is 0. The van der Waals surface area contributed by atoms with E-state index >= 15 is 0 Å². The quantitative estimate of drug-likeness (QED) is 0.381. The minimum atomic E-state index is -1.01. The first kappa shape index (κ1) is 17.3. The van der Waals surface area contributed by atoms with Gasteiger partial charge in [0.2, 0.25) is 0 Å². The molecule has 10 heteroatoms. The molecular formula is C12H18N6O4. The van der Waals surface area contributed by atoms with Crippen LogP contribution in [0, 0.1) is 0 Å². The Bertz CT molecular complexity index is 516. The maximum Gasteiger partial charge on any atom is 0.320 e. The lowest BCUT2D eigenvalue weighted by Crippen LogP contribution is -2.32. The number of rotatable bonds is 6. The van der Waals surface area contributed by atoms with Crippen LogP contribution < -0.4 is 11.5 Å². The molecule has 2 aromatic rings. The lowest BCUT2D eigenvalue weighted by atomic mass is 10.2. The second-order valence-electron chi connectivity index (χ2n) is 4.39. The first-order chi connectivity index (χ1) is 10.4. The third-order valence-electron chi connectivity index (χ3n) is 2.59. The van der Waals surface area contributed by atoms with Gasteiger partial charge in [0.05, 0.1) is 12.0 Å². The number of nitrogens with two attached hydrogens (primary N) is 2. The lowest BCUT2D eigenvalue weighted by molar-refractivity contribution is -0.139. The molecule has 0 unspecified atom stereocenters. The van der Waals surface area contributed by atoms with E-state index in [0.717, 1.165) is 0 Å². The fourth-order valence-electron chi connectivity index (χ4n) is 1.42. The number of carboxylic acids is 2. The Kier molecular flexibility index (Phi) is 6.73. The standard InChI is InChI=1S/2C6H9N3O2/c7-5(6(10)11)1-4-2-8-3-9-4;7-4(6(10)11)3-5-8-1-2-9-5/h2-3,5H,1,7H2,(H,8,9)(H,10,11);1-2,4H,3,7H2,(H,8,9)(H,10,11)/t5-;4-/m00/s1. The van der Waals surface area contributed by atoms with Crippen LogP contribution in [-0.4, -0.2) is 54.2 Å². The zero-order valence-electron chi connectivity index (χ0n) is 11.6. The van der Waals surface area contributed by atoms with E-state index in [0.29, 0.717) is 11.5 Å². The minimum Gasteiger partial charge on any atom is -0.480 e. The zero-order chi connectivity index (χ0) is 16.5. The van der Waals surface area contributed by atoms with E-state index in [-0.39, 0.29) is 12.8 Å². The van der Waals surface area contributed by atoms with Crippen molar-refractivity contribution in [2.24, 2.45) is 11.5 Å². The van der Waals surface area contributed by atoms with Crippen LogP contribution in [0.1, 0.15) is 11.5 Å². The molecule has 0 saturated carbocycles. The summed E-state index contributed by atoms with van der Waals surface area (Å²) in [5, 5.41) is 16.8. The number of aliphatic carboxylic acids is 2. The summed E-state index contributed by atoms with van der Waals surface area (Å²) in [6.07, 6.45) is 6.81. The van der Waals surface area contributed by atoms with Crippen LogP contribution >= 0.6 is 0 Å². The Morgan fingerprint density at radius 2 is 1.77 bits per heavy atom. The van der Waals surface area contributed by atoms with Crippen molar-refractivity contribution in [1.29, 1.82) is 0 Å². The molecular weight excluding hydrogens is 292 g/mol. The smallest absolute Gasteiger partial charge is 0.320 e. The van der Waals surface area contributed by atoms with E-state index < -0.39 is 24.0 Å². The number of aromatic nitrogens is 4. The molecule has 0 aliphatic rings. The van der Waals surface area contributed by atoms with Gasteiger partial charge in [-0.15, -0.1) is 0 Å². The number of imidazole rings is 2. The molecule has 2 aromatic heterocycles. The molecule has 0 fully saturated rings. The van der Waals surface area contributed by atoms with Crippen LogP contribution in [0.2, 0.25) is 0 Å². The van der Waals surface area contributed by atoms with Crippen LogP contribution in [-0.2, 0) is 22.4 Å². The van der Waals surface area contributed by atoms with Crippen molar-refractivity contribution >= 4 is 11.9 Å². The summed E-state index contributed by atoms with van der Waals surface area (Å²) >= 11 is 0. The second kappa shape index (κ2) is 8.54. The zero-order valence-corrected chi connectivity index (χ0v) is 11.6. The normalized spacial score (nSPS) is 12.8. The van der Waals surface area contributed by atoms with E-state index in [9.17, 15) is 9.59 Å². The van der Waals surface area contributed by atoms with Gasteiger partial charge in [0.25, 0.3) is 0 Å². The van der Waals surface area contributed by atoms with Crippen LogP contribution in [0.25, 0.3) is 0 Å². The number of H-pyrrole nitrogens is 2. The average molecular weight is 310 g/mol. The van der Waals surface area contributed by atoms with Crippen molar-refractivity contribution in [3.8, 4) is 0 Å². The molecule has 2 rings (SSSR count). The predicted molar refractivity (Wildman–Crippen MR) is 75.8 cm³/mol. The maximum atomic E-state index is 10.3. The molecule has 0 saturated heterocycles. The highest BCUT2D eigenvalue weighted by Crippen LogP contribution is 1.95. The number of carboxylic acid groups (broad SMARTS) is 2. The Labute approximate surface area is 125 Å². The summed E-state index contributed by atoms with van der Waals surface area (Å²) in [5.41, 5.74) is 11.2. The van der Waals surface area contributed by atoms with E-state index in [1.54, 1.807) is 18.6 Å². The summed E-state index contributed by atoms with van der Waals surface area (Å²) in [5.74, 6) is -1.42. The number of carbonyl (C=O) groups is 2. The Morgan fingerprint density at radius 1 is 1.14 bits per heavy atom. The van der Waals surface area contributed by atoms with Crippen molar-refractivity contribution in [2.45, 2.75) is 24.9 Å². The van der Waals surface area contributed by atoms with Gasteiger partial charge in [-0.2, -0.15) is 0 Å². The fourth-order valence-corrected chi connectivity index (χ4v) is 1.42. The predicted octanol–water partition coefficient (Wildman–Crippen LogP) is -1.27. The number of hydrogen-bond donors (Lipinski definition) is 6. The summed E-state index contributed by atoms with van der Waals surface area (Å²) in [6.45, 7) is 0. The van der Waals surface area contributed by atoms with Crippen LogP contribution in [0.4, 0.5) is 0 Å². The number of nitrogens with zero attached hydrogens (tertiary/aromatic N) is 2. The minimum absolute atomic E-state index is 0.238. The van der Waals surface area contributed by atoms with Crippen molar-refractivity contribution in [1.82, 2.24) is 19.9 Å². The van der Waals surface area contributed by atoms with Gasteiger partial charge in [-0.05, 0) is 0 Å². The van der Waals surface area contributed by atoms with Crippen molar-refractivity contribution in [3.63, 3.8) is 0 Å². The van der Waals surface area contributed by atoms with Crippen LogP contribution in [0.15, 0.2) is 24.9 Å². The monoisotopic (exact) mass is 310 g/mol. The Morgan fingerprint density at radius 3 is 2.23 bits per heavy atom. The highest BCUT2D eigenvalue weighted by atomic mass is 16.4. The summed E-state index contributed by atoms with van der Waals surface area (Å²) in [4.78, 5) is 33.7. The van der Waals surface area contributed by atoms with Crippen LogP contribution in [0.3, 0.4) is 0 Å². The van der Waals surface area contributed by atoms with E-state index in [1.165, 1.54) is 6.33 Å². The summed E-state index contributed by atoms with van der Waals surface area (Å²) < 4.78 is 0. The van der Waals surface area contributed by atoms with Crippen molar-refractivity contribution in [3.05, 3.63) is 36.4 Å². The van der Waals surface area contributed by atoms with Gasteiger partial charge in [-0.1, -0.05) is 0 Å². The molecule has 0 aromatic carbocycles. The Balaban J connectivity index is 0.000000220. The van der Waals surface area contributed by atoms with Gasteiger partial charge in [-0.25, -0.2) is 9.97 Å². The molecule has 2 atom stereocenters. The molecule has 10 nitrogen and oxygen atoms in total. The van der Waals surface area contributed by atoms with Gasteiger partial charge in [0.1, 0.15) is 17.9 Å². The molecule has 0 bridgehead atoms. The van der Waals surface area contributed by atoms with Crippen molar-refractivity contribution < 1.29 is 19.8 Å². The molecule has 8 N–H and O–H groups in total. The van der Waals surface area contributed by atoms with Crippen molar-refractivity contribution in [2.75, 3.05) is 0 Å². The van der Waals surface area contributed by atoms with Gasteiger partial charge < -0.3 is 31.6 Å². The van der Waals surface area contributed by atoms with E-state index in [2.05, 4.69) is 19.9 Å². The van der Waals surface area contributed by atoms with Gasteiger partial charge >= 0.3 is 11.9 Å². The molecule has 0 aliphatic heterocycles. The molecule has 0 amide bonds. The molecule has 2 heterocycles. The molecule has 0 spiro atoms. The molecule has 22 heavy (non-hydrogen) atoms. The molecule has 0 aliphatic carbocycles. The van der Waals surface area contributed by atoms with E-state index in [4.69, 9.17) is 21.7 Å². The van der Waals surface area contributed by atoms with E-state index in [1.807, 2.05) is 0 Å². The fraction of sp³-hybridized carbons (Fsp3) is 0.333. The van der Waals surface area contributed by atoms with Gasteiger partial charge in [0, 0.05) is 31.4 Å². The third-order valence-corrected chi connectivity index (χ3v) is 2.59. The van der Waals surface area contributed by atoms with Gasteiger partial charge in [-0.3, -0.25) is 9.59 Å². The lowest BCUT2D eigenvalue weighted by Gasteiger charge is -2.01. The SMILES string of the molecule is N[C@@H](Cc1c[nH]cn1)C(=O)O.N[C@@H](Cc1ncc[nH]1)C(=O)O. The van der Waals surface area contributed by atoms with Gasteiger partial charge in [0.15, 0.2) is 0 Å². The largest absolute Gasteiger partial charge is 0.480 e. The highest BCUT2D eigenvalue weighted by Gasteiger charge is 2.13. The first-order valence-electron chi connectivity index (χ1n) is 6.32. The average Bonchev–Trinajstić information content (AvgIpc) is 3.12. The first-order valence-corrected chi connectivity index (χ1v) is 6.32. The number of hydrogen-bond acceptors (Lipinski definition) is 6.